The molecular weight excluding hydrogens is 259 g/mol. The molecule has 0 bridgehead atoms. The van der Waals surface area contributed by atoms with Gasteiger partial charge in [0.2, 0.25) is 0 Å². The Morgan fingerprint density at radius 1 is 1.12 bits per heavy atom. The number of hydrogen-bond acceptors (Lipinski definition) is 2. The molecule has 0 spiro atoms. The second kappa shape index (κ2) is 4.04. The first-order valence-electron chi connectivity index (χ1n) is 5.60. The molecule has 0 unspecified atom stereocenters. The van der Waals surface area contributed by atoms with Crippen LogP contribution in [0.5, 0.6) is 0 Å². The lowest BCUT2D eigenvalue weighted by Crippen LogP contribution is -2.16. The molecule has 1 heterocycles. The van der Waals surface area contributed by atoms with Crippen LogP contribution in [0.4, 0.5) is 0 Å². The summed E-state index contributed by atoms with van der Waals surface area (Å²) >= 11 is 12.0. The Balaban J connectivity index is 2.44. The summed E-state index contributed by atoms with van der Waals surface area (Å²) in [5.41, 5.74) is 1.27. The van der Waals surface area contributed by atoms with Crippen LogP contribution in [0.25, 0.3) is 11.0 Å². The molecule has 0 N–H and O–H groups in total. The lowest BCUT2D eigenvalue weighted by molar-refractivity contribution is 0.487. The fraction of sp³-hybridized carbons (Fsp3) is 0.308. The number of aryl methyl sites for hydroxylation is 1. The van der Waals surface area contributed by atoms with E-state index in [0.717, 1.165) is 37.0 Å². The Morgan fingerprint density at radius 2 is 1.88 bits per heavy atom. The lowest BCUT2D eigenvalue weighted by Gasteiger charge is -2.14. The van der Waals surface area contributed by atoms with Crippen molar-refractivity contribution in [3.63, 3.8) is 0 Å². The summed E-state index contributed by atoms with van der Waals surface area (Å²) in [6, 6.07) is 3.23. The minimum atomic E-state index is 0.0188. The third-order valence-electron chi connectivity index (χ3n) is 3.17. The van der Waals surface area contributed by atoms with Crippen molar-refractivity contribution in [2.24, 2.45) is 0 Å². The molecule has 4 heteroatoms. The molecule has 0 atom stereocenters. The van der Waals surface area contributed by atoms with Gasteiger partial charge in [0.05, 0.1) is 10.4 Å². The molecule has 1 aliphatic carbocycles. The van der Waals surface area contributed by atoms with Crippen molar-refractivity contribution in [3.8, 4) is 0 Å². The third-order valence-corrected chi connectivity index (χ3v) is 3.67. The first kappa shape index (κ1) is 11.1. The van der Waals surface area contributed by atoms with E-state index < -0.39 is 0 Å². The van der Waals surface area contributed by atoms with Crippen LogP contribution in [0.15, 0.2) is 21.3 Å². The van der Waals surface area contributed by atoms with Crippen LogP contribution in [0, 0.1) is 0 Å². The van der Waals surface area contributed by atoms with Crippen molar-refractivity contribution in [1.29, 1.82) is 0 Å². The van der Waals surface area contributed by atoms with Gasteiger partial charge in [-0.3, -0.25) is 4.79 Å². The molecular formula is C13H10Cl2O2. The van der Waals surface area contributed by atoms with Gasteiger partial charge in [0.1, 0.15) is 5.76 Å². The quantitative estimate of drug-likeness (QED) is 0.724. The van der Waals surface area contributed by atoms with Crippen molar-refractivity contribution in [1.82, 2.24) is 0 Å². The average Bonchev–Trinajstić information content (AvgIpc) is 2.31. The van der Waals surface area contributed by atoms with Crippen LogP contribution in [-0.4, -0.2) is 0 Å². The highest BCUT2D eigenvalue weighted by molar-refractivity contribution is 6.38. The highest BCUT2D eigenvalue weighted by Gasteiger charge is 2.19. The summed E-state index contributed by atoms with van der Waals surface area (Å²) in [5, 5.41) is 1.35. The van der Waals surface area contributed by atoms with Crippen LogP contribution in [0.1, 0.15) is 24.2 Å². The van der Waals surface area contributed by atoms with Crippen LogP contribution >= 0.6 is 23.2 Å². The summed E-state index contributed by atoms with van der Waals surface area (Å²) in [5.74, 6) is 0.790. The van der Waals surface area contributed by atoms with E-state index in [9.17, 15) is 4.79 Å². The minimum absolute atomic E-state index is 0.0188. The SMILES string of the molecule is O=c1c2c(oc3c(Cl)cc(Cl)cc13)CCCC2. The zero-order chi connectivity index (χ0) is 12.0. The molecule has 0 saturated heterocycles. The fourth-order valence-electron chi connectivity index (χ4n) is 2.35. The number of fused-ring (bicyclic) bond motifs is 2. The van der Waals surface area contributed by atoms with Crippen molar-refractivity contribution < 1.29 is 4.42 Å². The van der Waals surface area contributed by atoms with Crippen molar-refractivity contribution in [2.45, 2.75) is 25.7 Å². The van der Waals surface area contributed by atoms with Crippen molar-refractivity contribution in [2.75, 3.05) is 0 Å². The maximum Gasteiger partial charge on any atom is 0.196 e. The Bertz CT molecular complexity index is 658. The van der Waals surface area contributed by atoms with E-state index in [1.807, 2.05) is 0 Å². The highest BCUT2D eigenvalue weighted by Crippen LogP contribution is 2.29. The van der Waals surface area contributed by atoms with E-state index in [1.165, 1.54) is 0 Å². The predicted molar refractivity (Wildman–Crippen MR) is 69.1 cm³/mol. The van der Waals surface area contributed by atoms with E-state index in [-0.39, 0.29) is 5.43 Å². The number of halogens is 2. The van der Waals surface area contributed by atoms with Gasteiger partial charge >= 0.3 is 0 Å². The molecule has 1 aromatic heterocycles. The van der Waals surface area contributed by atoms with Gasteiger partial charge in [-0.15, -0.1) is 0 Å². The van der Waals surface area contributed by atoms with Gasteiger partial charge in [-0.25, -0.2) is 0 Å². The largest absolute Gasteiger partial charge is 0.459 e. The molecule has 17 heavy (non-hydrogen) atoms. The van der Waals surface area contributed by atoms with E-state index in [2.05, 4.69) is 0 Å². The lowest BCUT2D eigenvalue weighted by atomic mass is 9.96. The summed E-state index contributed by atoms with van der Waals surface area (Å²) in [6.45, 7) is 0. The van der Waals surface area contributed by atoms with E-state index in [4.69, 9.17) is 27.6 Å². The van der Waals surface area contributed by atoms with Gasteiger partial charge in [0.15, 0.2) is 11.0 Å². The van der Waals surface area contributed by atoms with E-state index in [0.29, 0.717) is 21.0 Å². The summed E-state index contributed by atoms with van der Waals surface area (Å²) < 4.78 is 5.76. The van der Waals surface area contributed by atoms with Gasteiger partial charge in [-0.2, -0.15) is 0 Å². The Morgan fingerprint density at radius 3 is 2.71 bits per heavy atom. The first-order valence-corrected chi connectivity index (χ1v) is 6.36. The predicted octanol–water partition coefficient (Wildman–Crippen LogP) is 3.98. The summed E-state index contributed by atoms with van der Waals surface area (Å²) in [7, 11) is 0. The zero-order valence-electron chi connectivity index (χ0n) is 9.06. The molecule has 2 aromatic rings. The molecule has 0 saturated carbocycles. The van der Waals surface area contributed by atoms with Crippen LogP contribution in [0.2, 0.25) is 10.0 Å². The monoisotopic (exact) mass is 268 g/mol. The Labute approximate surface area is 108 Å². The molecule has 0 fully saturated rings. The molecule has 2 nitrogen and oxygen atoms in total. The number of rotatable bonds is 0. The van der Waals surface area contributed by atoms with Gasteiger partial charge in [-0.05, 0) is 31.4 Å². The van der Waals surface area contributed by atoms with Gasteiger partial charge in [0, 0.05) is 17.0 Å². The van der Waals surface area contributed by atoms with E-state index >= 15 is 0 Å². The zero-order valence-corrected chi connectivity index (χ0v) is 10.6. The second-order valence-corrected chi connectivity index (χ2v) is 5.15. The molecule has 3 rings (SSSR count). The van der Waals surface area contributed by atoms with Crippen LogP contribution < -0.4 is 5.43 Å². The summed E-state index contributed by atoms with van der Waals surface area (Å²) in [6.07, 6.45) is 3.71. The van der Waals surface area contributed by atoms with Gasteiger partial charge < -0.3 is 4.42 Å². The smallest absolute Gasteiger partial charge is 0.196 e. The third kappa shape index (κ3) is 1.76. The average molecular weight is 269 g/mol. The maximum atomic E-state index is 12.3. The maximum absolute atomic E-state index is 12.3. The van der Waals surface area contributed by atoms with E-state index in [1.54, 1.807) is 12.1 Å². The van der Waals surface area contributed by atoms with Crippen LogP contribution in [0.3, 0.4) is 0 Å². The topological polar surface area (TPSA) is 30.2 Å². The normalized spacial score (nSPS) is 14.9. The molecule has 1 aliphatic rings. The Kier molecular flexibility index (Phi) is 2.64. The number of hydrogen-bond donors (Lipinski definition) is 0. The Hall–Kier alpha value is -0.990. The fourth-order valence-corrected chi connectivity index (χ4v) is 2.88. The second-order valence-electron chi connectivity index (χ2n) is 4.30. The van der Waals surface area contributed by atoms with Crippen LogP contribution in [-0.2, 0) is 12.8 Å². The molecule has 88 valence electrons. The molecule has 0 aliphatic heterocycles. The molecule has 1 aromatic carbocycles. The highest BCUT2D eigenvalue weighted by atomic mass is 35.5. The standard InChI is InChI=1S/C13H10Cl2O2/c14-7-5-9-12(16)8-3-1-2-4-11(8)17-13(9)10(15)6-7/h5-6H,1-4H2. The molecule has 0 radical (unpaired) electrons. The van der Waals surface area contributed by atoms with Crippen molar-refractivity contribution in [3.05, 3.63) is 43.7 Å². The van der Waals surface area contributed by atoms with Crippen molar-refractivity contribution >= 4 is 34.2 Å². The molecule has 0 amide bonds. The first-order chi connectivity index (χ1) is 8.16. The number of benzene rings is 1. The van der Waals surface area contributed by atoms with Gasteiger partial charge in [-0.1, -0.05) is 23.2 Å². The summed E-state index contributed by atoms with van der Waals surface area (Å²) in [4.78, 5) is 12.3. The van der Waals surface area contributed by atoms with Gasteiger partial charge in [0.25, 0.3) is 0 Å². The minimum Gasteiger partial charge on any atom is -0.459 e.